The summed E-state index contributed by atoms with van der Waals surface area (Å²) >= 11 is 0. The van der Waals surface area contributed by atoms with E-state index in [0.29, 0.717) is 5.75 Å². The Hall–Kier alpha value is -0.980. The lowest BCUT2D eigenvalue weighted by atomic mass is 10.00. The van der Waals surface area contributed by atoms with Gasteiger partial charge in [-0.05, 0) is 42.9 Å². The van der Waals surface area contributed by atoms with Crippen LogP contribution in [-0.2, 0) is 12.8 Å². The first kappa shape index (κ1) is 16.1. The average Bonchev–Trinajstić information content (AvgIpc) is 2.43. The summed E-state index contributed by atoms with van der Waals surface area (Å²) in [6, 6.07) is 6.16. The van der Waals surface area contributed by atoms with Crippen molar-refractivity contribution in [3.63, 3.8) is 0 Å². The summed E-state index contributed by atoms with van der Waals surface area (Å²) in [4.78, 5) is 0. The summed E-state index contributed by atoms with van der Waals surface area (Å²) in [5.41, 5.74) is 2.52. The van der Waals surface area contributed by atoms with Crippen LogP contribution in [0, 0.1) is 0 Å². The van der Waals surface area contributed by atoms with E-state index < -0.39 is 0 Å². The summed E-state index contributed by atoms with van der Waals surface area (Å²) in [5.74, 6) is 0.472. The molecule has 0 atom stereocenters. The van der Waals surface area contributed by atoms with Crippen molar-refractivity contribution in [3.8, 4) is 5.75 Å². The molecule has 0 heterocycles. The molecule has 1 nitrogen and oxygen atoms in total. The molecule has 0 saturated carbocycles. The van der Waals surface area contributed by atoms with Gasteiger partial charge in [-0.1, -0.05) is 64.5 Å². The van der Waals surface area contributed by atoms with Crippen LogP contribution in [0.1, 0.15) is 76.3 Å². The van der Waals surface area contributed by atoms with Gasteiger partial charge in [0.1, 0.15) is 5.75 Å². The summed E-state index contributed by atoms with van der Waals surface area (Å²) in [5, 5.41) is 9.83. The molecule has 0 fully saturated rings. The molecular weight excluding hydrogens is 232 g/mol. The lowest BCUT2D eigenvalue weighted by Crippen LogP contribution is -1.91. The van der Waals surface area contributed by atoms with Crippen LogP contribution in [0.4, 0.5) is 0 Å². The minimum absolute atomic E-state index is 0.472. The highest BCUT2D eigenvalue weighted by molar-refractivity contribution is 5.36. The maximum atomic E-state index is 9.83. The number of benzene rings is 1. The molecule has 0 radical (unpaired) electrons. The molecule has 0 bridgehead atoms. The Balaban J connectivity index is 2.33. The number of hydrogen-bond acceptors (Lipinski definition) is 1. The molecule has 0 aliphatic rings. The molecule has 1 aromatic rings. The zero-order valence-corrected chi connectivity index (χ0v) is 12.8. The molecule has 1 aromatic carbocycles. The van der Waals surface area contributed by atoms with Gasteiger partial charge < -0.3 is 5.11 Å². The highest BCUT2D eigenvalue weighted by Gasteiger charge is 2.02. The first-order chi connectivity index (χ1) is 9.27. The summed E-state index contributed by atoms with van der Waals surface area (Å²) < 4.78 is 0. The summed E-state index contributed by atoms with van der Waals surface area (Å²) in [6.45, 7) is 4.45. The topological polar surface area (TPSA) is 20.2 Å². The van der Waals surface area contributed by atoms with Crippen LogP contribution < -0.4 is 0 Å². The molecule has 0 amide bonds. The summed E-state index contributed by atoms with van der Waals surface area (Å²) in [6.07, 6.45) is 12.6. The lowest BCUT2D eigenvalue weighted by Gasteiger charge is -2.07. The Morgan fingerprint density at radius 2 is 1.47 bits per heavy atom. The van der Waals surface area contributed by atoms with Crippen molar-refractivity contribution in [1.82, 2.24) is 0 Å². The molecule has 1 N–H and O–H groups in total. The van der Waals surface area contributed by atoms with E-state index in [-0.39, 0.29) is 0 Å². The van der Waals surface area contributed by atoms with Gasteiger partial charge >= 0.3 is 0 Å². The molecule has 0 aliphatic carbocycles. The van der Waals surface area contributed by atoms with Crippen molar-refractivity contribution in [3.05, 3.63) is 29.3 Å². The highest BCUT2D eigenvalue weighted by atomic mass is 16.3. The van der Waals surface area contributed by atoms with Crippen LogP contribution in [0.25, 0.3) is 0 Å². The van der Waals surface area contributed by atoms with Gasteiger partial charge in [-0.25, -0.2) is 0 Å². The van der Waals surface area contributed by atoms with Gasteiger partial charge in [-0.3, -0.25) is 0 Å². The van der Waals surface area contributed by atoms with E-state index in [2.05, 4.69) is 26.0 Å². The Labute approximate surface area is 119 Å². The summed E-state index contributed by atoms with van der Waals surface area (Å²) in [7, 11) is 0. The van der Waals surface area contributed by atoms with Crippen molar-refractivity contribution in [2.75, 3.05) is 0 Å². The Morgan fingerprint density at radius 3 is 2.21 bits per heavy atom. The fraction of sp³-hybridized carbons (Fsp3) is 0.667. The minimum Gasteiger partial charge on any atom is -0.508 e. The largest absolute Gasteiger partial charge is 0.508 e. The van der Waals surface area contributed by atoms with E-state index in [1.165, 1.54) is 50.5 Å². The normalized spacial score (nSPS) is 10.8. The fourth-order valence-electron chi connectivity index (χ4n) is 2.47. The predicted molar refractivity (Wildman–Crippen MR) is 83.8 cm³/mol. The number of phenols is 1. The Kier molecular flexibility index (Phi) is 8.36. The molecule has 0 aromatic heterocycles. The zero-order chi connectivity index (χ0) is 13.9. The number of aryl methyl sites for hydroxylation is 2. The molecule has 1 rings (SSSR count). The average molecular weight is 262 g/mol. The van der Waals surface area contributed by atoms with Gasteiger partial charge in [0.05, 0.1) is 0 Å². The van der Waals surface area contributed by atoms with Crippen molar-refractivity contribution in [2.45, 2.75) is 78.1 Å². The van der Waals surface area contributed by atoms with Crippen molar-refractivity contribution in [2.24, 2.45) is 0 Å². The third-order valence-corrected chi connectivity index (χ3v) is 3.76. The fourth-order valence-corrected chi connectivity index (χ4v) is 2.47. The van der Waals surface area contributed by atoms with E-state index in [9.17, 15) is 5.11 Å². The zero-order valence-electron chi connectivity index (χ0n) is 12.8. The van der Waals surface area contributed by atoms with Crippen molar-refractivity contribution in [1.29, 1.82) is 0 Å². The van der Waals surface area contributed by atoms with E-state index in [1.54, 1.807) is 0 Å². The third-order valence-electron chi connectivity index (χ3n) is 3.76. The van der Waals surface area contributed by atoms with Crippen molar-refractivity contribution >= 4 is 0 Å². The number of hydrogen-bond donors (Lipinski definition) is 1. The standard InChI is InChI=1S/C18H30O/c1-3-5-7-8-9-10-11-16-13-14-18(19)17(15-16)12-6-4-2/h13-15,19H,3-12H2,1-2H3. The molecular formula is C18H30O. The van der Waals surface area contributed by atoms with E-state index in [0.717, 1.165) is 24.8 Å². The molecule has 0 spiro atoms. The van der Waals surface area contributed by atoms with Gasteiger partial charge in [0, 0.05) is 0 Å². The van der Waals surface area contributed by atoms with Crippen LogP contribution in [-0.4, -0.2) is 5.11 Å². The lowest BCUT2D eigenvalue weighted by molar-refractivity contribution is 0.466. The van der Waals surface area contributed by atoms with Gasteiger partial charge in [-0.15, -0.1) is 0 Å². The molecule has 0 saturated heterocycles. The smallest absolute Gasteiger partial charge is 0.118 e. The van der Waals surface area contributed by atoms with Gasteiger partial charge in [0.15, 0.2) is 0 Å². The van der Waals surface area contributed by atoms with Crippen LogP contribution in [0.15, 0.2) is 18.2 Å². The molecule has 1 heteroatoms. The van der Waals surface area contributed by atoms with Gasteiger partial charge in [0.2, 0.25) is 0 Å². The van der Waals surface area contributed by atoms with Gasteiger partial charge in [0.25, 0.3) is 0 Å². The number of aromatic hydroxyl groups is 1. The van der Waals surface area contributed by atoms with Crippen LogP contribution >= 0.6 is 0 Å². The third kappa shape index (κ3) is 6.66. The quantitative estimate of drug-likeness (QED) is 0.541. The molecule has 19 heavy (non-hydrogen) atoms. The van der Waals surface area contributed by atoms with Crippen LogP contribution in [0.5, 0.6) is 5.75 Å². The minimum atomic E-state index is 0.472. The first-order valence-electron chi connectivity index (χ1n) is 8.08. The SMILES string of the molecule is CCCCCCCCc1ccc(O)c(CCCC)c1. The number of phenolic OH excluding ortho intramolecular Hbond substituents is 1. The second kappa shape index (κ2) is 9.89. The Bertz CT molecular complexity index is 344. The second-order valence-electron chi connectivity index (χ2n) is 5.58. The van der Waals surface area contributed by atoms with Crippen LogP contribution in [0.3, 0.4) is 0 Å². The number of unbranched alkanes of at least 4 members (excludes halogenated alkanes) is 6. The maximum Gasteiger partial charge on any atom is 0.118 e. The van der Waals surface area contributed by atoms with E-state index in [4.69, 9.17) is 0 Å². The number of rotatable bonds is 10. The van der Waals surface area contributed by atoms with E-state index >= 15 is 0 Å². The highest BCUT2D eigenvalue weighted by Crippen LogP contribution is 2.22. The monoisotopic (exact) mass is 262 g/mol. The van der Waals surface area contributed by atoms with Crippen molar-refractivity contribution < 1.29 is 5.11 Å². The maximum absolute atomic E-state index is 9.83. The second-order valence-corrected chi connectivity index (χ2v) is 5.58. The molecule has 0 unspecified atom stereocenters. The molecule has 108 valence electrons. The predicted octanol–water partition coefficient (Wildman–Crippen LogP) is 5.64. The van der Waals surface area contributed by atoms with Crippen LogP contribution in [0.2, 0.25) is 0 Å². The molecule has 0 aliphatic heterocycles. The van der Waals surface area contributed by atoms with Gasteiger partial charge in [-0.2, -0.15) is 0 Å². The first-order valence-corrected chi connectivity index (χ1v) is 8.08. The van der Waals surface area contributed by atoms with E-state index in [1.807, 2.05) is 6.07 Å². The Morgan fingerprint density at radius 1 is 0.789 bits per heavy atom.